The molecule has 1 aliphatic carbocycles. The number of nitrogens with zero attached hydrogens (tertiary/aromatic N) is 3. The Morgan fingerprint density at radius 3 is 2.55 bits per heavy atom. The van der Waals surface area contributed by atoms with Gasteiger partial charge in [0.05, 0.1) is 11.0 Å². The number of nitrogens with one attached hydrogen (secondary N) is 1. The lowest BCUT2D eigenvalue weighted by Gasteiger charge is -2.49. The van der Waals surface area contributed by atoms with E-state index in [0.29, 0.717) is 17.9 Å². The van der Waals surface area contributed by atoms with E-state index in [1.807, 2.05) is 27.7 Å². The number of rotatable bonds is 4. The van der Waals surface area contributed by atoms with Crippen molar-refractivity contribution >= 4 is 11.5 Å². The highest BCUT2D eigenvalue weighted by Gasteiger charge is 2.48. The van der Waals surface area contributed by atoms with E-state index in [-0.39, 0.29) is 29.3 Å². The van der Waals surface area contributed by atoms with Crippen molar-refractivity contribution in [2.45, 2.75) is 59.2 Å². The Bertz CT molecular complexity index is 536. The molecular formula is C13H22N4O3. The monoisotopic (exact) mass is 282 g/mol. The maximum Gasteiger partial charge on any atom is 0.333 e. The molecule has 1 fully saturated rings. The van der Waals surface area contributed by atoms with E-state index in [1.165, 1.54) is 0 Å². The van der Waals surface area contributed by atoms with Crippen LogP contribution < -0.4 is 5.32 Å². The normalized spacial score (nSPS) is 24.6. The van der Waals surface area contributed by atoms with Crippen molar-refractivity contribution in [1.82, 2.24) is 9.78 Å². The summed E-state index contributed by atoms with van der Waals surface area (Å²) < 4.78 is 1.65. The van der Waals surface area contributed by atoms with Gasteiger partial charge in [-0.25, -0.2) is 4.68 Å². The summed E-state index contributed by atoms with van der Waals surface area (Å²) in [5.41, 5.74) is 0.133. The molecule has 0 spiro atoms. The van der Waals surface area contributed by atoms with Crippen LogP contribution in [0.25, 0.3) is 0 Å². The highest BCUT2D eigenvalue weighted by Crippen LogP contribution is 2.44. The van der Waals surface area contributed by atoms with Crippen LogP contribution >= 0.6 is 0 Å². The van der Waals surface area contributed by atoms with Crippen molar-refractivity contribution in [3.05, 3.63) is 15.8 Å². The molecule has 7 heteroatoms. The van der Waals surface area contributed by atoms with Gasteiger partial charge in [-0.3, -0.25) is 10.1 Å². The molecule has 0 aromatic carbocycles. The Hall–Kier alpha value is -1.63. The number of hydrogen-bond acceptors (Lipinski definition) is 5. The van der Waals surface area contributed by atoms with Crippen LogP contribution in [0.15, 0.2) is 0 Å². The molecule has 2 N–H and O–H groups in total. The van der Waals surface area contributed by atoms with E-state index in [2.05, 4.69) is 10.4 Å². The summed E-state index contributed by atoms with van der Waals surface area (Å²) in [6.45, 7) is 9.41. The summed E-state index contributed by atoms with van der Waals surface area (Å²) in [4.78, 5) is 10.9. The Kier molecular flexibility index (Phi) is 3.49. The smallest absolute Gasteiger partial charge is 0.333 e. The van der Waals surface area contributed by atoms with Crippen LogP contribution in [0.2, 0.25) is 0 Å². The first-order valence-corrected chi connectivity index (χ1v) is 6.84. The van der Waals surface area contributed by atoms with E-state index < -0.39 is 4.92 Å². The molecule has 2 rings (SSSR count). The molecule has 1 aromatic heterocycles. The van der Waals surface area contributed by atoms with Gasteiger partial charge in [-0.2, -0.15) is 5.10 Å². The van der Waals surface area contributed by atoms with Gasteiger partial charge in [0.2, 0.25) is 5.82 Å². The maximum absolute atomic E-state index is 11.3. The zero-order chi connectivity index (χ0) is 15.2. The fraction of sp³-hybridized carbons (Fsp3) is 0.769. The van der Waals surface area contributed by atoms with Crippen molar-refractivity contribution < 1.29 is 10.0 Å². The molecule has 0 radical (unpaired) electrons. The van der Waals surface area contributed by atoms with Crippen LogP contribution in [-0.4, -0.2) is 32.0 Å². The molecule has 7 nitrogen and oxygen atoms in total. The molecule has 1 aliphatic rings. The third-order valence-electron chi connectivity index (χ3n) is 4.25. The van der Waals surface area contributed by atoms with Gasteiger partial charge in [0.15, 0.2) is 0 Å². The Labute approximate surface area is 118 Å². The third-order valence-corrected chi connectivity index (χ3v) is 4.25. The minimum Gasteiger partial charge on any atom is -0.392 e. The van der Waals surface area contributed by atoms with Gasteiger partial charge in [0, 0.05) is 17.5 Å². The average Bonchev–Trinajstić information content (AvgIpc) is 2.66. The Morgan fingerprint density at radius 2 is 2.15 bits per heavy atom. The van der Waals surface area contributed by atoms with Crippen LogP contribution in [0.4, 0.5) is 11.5 Å². The van der Waals surface area contributed by atoms with E-state index in [9.17, 15) is 15.2 Å². The molecule has 1 heterocycles. The molecule has 0 amide bonds. The average molecular weight is 282 g/mol. The van der Waals surface area contributed by atoms with Crippen LogP contribution in [0.3, 0.4) is 0 Å². The van der Waals surface area contributed by atoms with E-state index >= 15 is 0 Å². The lowest BCUT2D eigenvalue weighted by atomic mass is 9.64. The van der Waals surface area contributed by atoms with Gasteiger partial charge >= 0.3 is 5.69 Å². The highest BCUT2D eigenvalue weighted by molar-refractivity contribution is 5.60. The van der Waals surface area contributed by atoms with E-state index in [1.54, 1.807) is 11.6 Å². The summed E-state index contributed by atoms with van der Waals surface area (Å²) in [5.74, 6) is 0.437. The number of aliphatic hydroxyl groups is 1. The van der Waals surface area contributed by atoms with Gasteiger partial charge < -0.3 is 10.4 Å². The lowest BCUT2D eigenvalue weighted by molar-refractivity contribution is -0.384. The van der Waals surface area contributed by atoms with Crippen molar-refractivity contribution in [2.24, 2.45) is 5.41 Å². The topological polar surface area (TPSA) is 93.2 Å². The van der Waals surface area contributed by atoms with Gasteiger partial charge in [-0.15, -0.1) is 0 Å². The lowest BCUT2D eigenvalue weighted by Crippen LogP contribution is -2.57. The summed E-state index contributed by atoms with van der Waals surface area (Å²) in [5, 5.41) is 28.5. The number of aliphatic hydroxyl groups excluding tert-OH is 1. The van der Waals surface area contributed by atoms with Crippen LogP contribution in [0, 0.1) is 22.5 Å². The van der Waals surface area contributed by atoms with Gasteiger partial charge in [0.1, 0.15) is 5.69 Å². The molecule has 112 valence electrons. The Balaban J connectivity index is 2.37. The fourth-order valence-corrected chi connectivity index (χ4v) is 2.58. The molecule has 0 aliphatic heterocycles. The second-order valence-electron chi connectivity index (χ2n) is 6.35. The van der Waals surface area contributed by atoms with Crippen molar-refractivity contribution in [3.8, 4) is 0 Å². The van der Waals surface area contributed by atoms with Crippen LogP contribution in [-0.2, 0) is 0 Å². The largest absolute Gasteiger partial charge is 0.392 e. The molecule has 1 aromatic rings. The zero-order valence-electron chi connectivity index (χ0n) is 12.5. The molecule has 2 unspecified atom stereocenters. The minimum atomic E-state index is -0.397. The Morgan fingerprint density at radius 1 is 1.55 bits per heavy atom. The highest BCUT2D eigenvalue weighted by atomic mass is 16.6. The van der Waals surface area contributed by atoms with Crippen molar-refractivity contribution in [1.29, 1.82) is 0 Å². The quantitative estimate of drug-likeness (QED) is 0.652. The number of anilines is 1. The number of aryl methyl sites for hydroxylation is 1. The predicted octanol–water partition coefficient (Wildman–Crippen LogP) is 2.25. The summed E-state index contributed by atoms with van der Waals surface area (Å²) in [6, 6.07) is 0.0304. The molecule has 0 bridgehead atoms. The molecule has 20 heavy (non-hydrogen) atoms. The summed E-state index contributed by atoms with van der Waals surface area (Å²) >= 11 is 0. The summed E-state index contributed by atoms with van der Waals surface area (Å²) in [6.07, 6.45) is 0.211. The standard InChI is InChI=1S/C13H22N4O3/c1-7(2)16-12(11(17(19)20)8(3)15-16)14-9-6-10(18)13(9,4)5/h7,9-10,14,18H,6H2,1-5H3. The second kappa shape index (κ2) is 4.73. The fourth-order valence-electron chi connectivity index (χ4n) is 2.58. The van der Waals surface area contributed by atoms with Gasteiger partial charge in [-0.1, -0.05) is 13.8 Å². The summed E-state index contributed by atoms with van der Waals surface area (Å²) in [7, 11) is 0. The van der Waals surface area contributed by atoms with Crippen LogP contribution in [0.1, 0.15) is 45.9 Å². The first-order chi connectivity index (χ1) is 9.16. The van der Waals surface area contributed by atoms with E-state index in [0.717, 1.165) is 0 Å². The van der Waals surface area contributed by atoms with Crippen molar-refractivity contribution in [3.63, 3.8) is 0 Å². The van der Waals surface area contributed by atoms with Gasteiger partial charge in [0.25, 0.3) is 0 Å². The van der Waals surface area contributed by atoms with E-state index in [4.69, 9.17) is 0 Å². The predicted molar refractivity (Wildman–Crippen MR) is 75.8 cm³/mol. The van der Waals surface area contributed by atoms with Crippen LogP contribution in [0.5, 0.6) is 0 Å². The number of aromatic nitrogens is 2. The molecular weight excluding hydrogens is 260 g/mol. The second-order valence-corrected chi connectivity index (χ2v) is 6.35. The van der Waals surface area contributed by atoms with Crippen molar-refractivity contribution in [2.75, 3.05) is 5.32 Å². The number of nitro groups is 1. The zero-order valence-corrected chi connectivity index (χ0v) is 12.5. The first-order valence-electron chi connectivity index (χ1n) is 6.84. The molecule has 2 atom stereocenters. The van der Waals surface area contributed by atoms with Gasteiger partial charge in [-0.05, 0) is 27.2 Å². The first kappa shape index (κ1) is 14.8. The maximum atomic E-state index is 11.3. The SMILES string of the molecule is Cc1nn(C(C)C)c(NC2CC(O)C2(C)C)c1[N+](=O)[O-]. The molecule has 0 saturated heterocycles. The third kappa shape index (κ3) is 2.15. The minimum absolute atomic E-state index is 0.00444. The number of hydrogen-bond donors (Lipinski definition) is 2. The molecule has 1 saturated carbocycles.